The first-order chi connectivity index (χ1) is 11.4. The number of benzene rings is 2. The SMILES string of the molecule is Cc1ccc(Nc2nc(S(=O)(=O)c3ccc(Cl)cc3)c(Cl)o2)cc1. The van der Waals surface area contributed by atoms with E-state index < -0.39 is 9.84 Å². The Morgan fingerprint density at radius 3 is 2.25 bits per heavy atom. The Hall–Kier alpha value is -2.02. The molecule has 1 N–H and O–H groups in total. The zero-order chi connectivity index (χ0) is 17.3. The fraction of sp³-hybridized carbons (Fsp3) is 0.0625. The fourth-order valence-corrected chi connectivity index (χ4v) is 3.71. The molecular formula is C16H12Cl2N2O3S. The van der Waals surface area contributed by atoms with Crippen molar-refractivity contribution in [2.24, 2.45) is 0 Å². The van der Waals surface area contributed by atoms with E-state index in [9.17, 15) is 8.42 Å². The summed E-state index contributed by atoms with van der Waals surface area (Å²) in [4.78, 5) is 4.00. The number of aryl methyl sites for hydroxylation is 1. The molecule has 0 saturated carbocycles. The van der Waals surface area contributed by atoms with Crippen molar-refractivity contribution in [3.8, 4) is 0 Å². The Balaban J connectivity index is 1.93. The Labute approximate surface area is 149 Å². The Bertz CT molecular complexity index is 966. The number of halogens is 2. The van der Waals surface area contributed by atoms with Crippen molar-refractivity contribution in [2.45, 2.75) is 16.8 Å². The van der Waals surface area contributed by atoms with E-state index in [0.717, 1.165) is 5.56 Å². The summed E-state index contributed by atoms with van der Waals surface area (Å²) in [5.41, 5.74) is 1.80. The van der Waals surface area contributed by atoms with Crippen molar-refractivity contribution in [3.05, 3.63) is 64.3 Å². The van der Waals surface area contributed by atoms with Crippen LogP contribution in [-0.4, -0.2) is 13.4 Å². The van der Waals surface area contributed by atoms with Crippen molar-refractivity contribution < 1.29 is 12.8 Å². The highest BCUT2D eigenvalue weighted by molar-refractivity contribution is 7.91. The molecule has 0 atom stereocenters. The minimum Gasteiger partial charge on any atom is -0.410 e. The molecule has 2 aromatic carbocycles. The van der Waals surface area contributed by atoms with Crippen LogP contribution in [0.25, 0.3) is 0 Å². The number of aromatic nitrogens is 1. The molecule has 0 radical (unpaired) electrons. The topological polar surface area (TPSA) is 72.2 Å². The molecule has 8 heteroatoms. The van der Waals surface area contributed by atoms with Crippen LogP contribution in [0.1, 0.15) is 5.56 Å². The number of anilines is 2. The third kappa shape index (κ3) is 3.40. The number of nitrogens with zero attached hydrogens (tertiary/aromatic N) is 1. The van der Waals surface area contributed by atoms with Crippen LogP contribution < -0.4 is 5.32 Å². The molecule has 24 heavy (non-hydrogen) atoms. The van der Waals surface area contributed by atoms with E-state index in [1.54, 1.807) is 0 Å². The molecule has 0 amide bonds. The first kappa shape index (κ1) is 16.8. The van der Waals surface area contributed by atoms with Gasteiger partial charge in [0, 0.05) is 10.7 Å². The molecule has 0 aliphatic heterocycles. The molecule has 0 aliphatic carbocycles. The zero-order valence-electron chi connectivity index (χ0n) is 12.5. The summed E-state index contributed by atoms with van der Waals surface area (Å²) >= 11 is 11.7. The molecule has 1 heterocycles. The van der Waals surface area contributed by atoms with E-state index in [1.165, 1.54) is 24.3 Å². The molecule has 0 spiro atoms. The minimum absolute atomic E-state index is 0.00334. The van der Waals surface area contributed by atoms with Crippen LogP contribution in [-0.2, 0) is 9.84 Å². The second-order valence-electron chi connectivity index (χ2n) is 5.05. The third-order valence-electron chi connectivity index (χ3n) is 3.24. The molecule has 3 aromatic rings. The Morgan fingerprint density at radius 1 is 1.00 bits per heavy atom. The maximum absolute atomic E-state index is 12.6. The van der Waals surface area contributed by atoms with Gasteiger partial charge in [-0.2, -0.15) is 4.98 Å². The normalized spacial score (nSPS) is 11.5. The largest absolute Gasteiger partial charge is 0.410 e. The van der Waals surface area contributed by atoms with E-state index in [2.05, 4.69) is 10.3 Å². The van der Waals surface area contributed by atoms with Crippen LogP contribution in [0.2, 0.25) is 10.2 Å². The van der Waals surface area contributed by atoms with Crippen LogP contribution >= 0.6 is 23.2 Å². The van der Waals surface area contributed by atoms with E-state index in [1.807, 2.05) is 31.2 Å². The number of hydrogen-bond donors (Lipinski definition) is 1. The second-order valence-corrected chi connectivity index (χ2v) is 7.69. The molecule has 124 valence electrons. The number of rotatable bonds is 4. The summed E-state index contributed by atoms with van der Waals surface area (Å²) < 4.78 is 30.4. The molecule has 0 fully saturated rings. The number of sulfone groups is 1. The van der Waals surface area contributed by atoms with Gasteiger partial charge < -0.3 is 9.73 Å². The average Bonchev–Trinajstić information content (AvgIpc) is 2.91. The zero-order valence-corrected chi connectivity index (χ0v) is 14.8. The molecular weight excluding hydrogens is 371 g/mol. The molecule has 0 unspecified atom stereocenters. The van der Waals surface area contributed by atoms with Gasteiger partial charge in [-0.25, -0.2) is 8.42 Å². The number of oxazole rings is 1. The van der Waals surface area contributed by atoms with Gasteiger partial charge >= 0.3 is 6.01 Å². The molecule has 0 saturated heterocycles. The molecule has 0 aliphatic rings. The molecule has 3 rings (SSSR count). The minimum atomic E-state index is -3.90. The van der Waals surface area contributed by atoms with Gasteiger partial charge in [-0.3, -0.25) is 0 Å². The lowest BCUT2D eigenvalue weighted by atomic mass is 10.2. The summed E-state index contributed by atoms with van der Waals surface area (Å²) in [6.07, 6.45) is 0. The van der Waals surface area contributed by atoms with Crippen LogP contribution in [0.5, 0.6) is 0 Å². The first-order valence-corrected chi connectivity index (χ1v) is 9.11. The third-order valence-corrected chi connectivity index (χ3v) is 5.54. The van der Waals surface area contributed by atoms with Crippen LogP contribution in [0.15, 0.2) is 62.9 Å². The van der Waals surface area contributed by atoms with Gasteiger partial charge in [-0.05, 0) is 54.9 Å². The quantitative estimate of drug-likeness (QED) is 0.696. The van der Waals surface area contributed by atoms with E-state index >= 15 is 0 Å². The lowest BCUT2D eigenvalue weighted by Crippen LogP contribution is -2.03. The second kappa shape index (κ2) is 6.47. The van der Waals surface area contributed by atoms with Gasteiger partial charge in [-0.15, -0.1) is 0 Å². The monoisotopic (exact) mass is 382 g/mol. The van der Waals surface area contributed by atoms with Gasteiger partial charge in [0.2, 0.25) is 20.1 Å². The lowest BCUT2D eigenvalue weighted by Gasteiger charge is -2.01. The summed E-state index contributed by atoms with van der Waals surface area (Å²) in [5.74, 6) is 0. The van der Waals surface area contributed by atoms with Crippen molar-refractivity contribution in [2.75, 3.05) is 5.32 Å². The van der Waals surface area contributed by atoms with Gasteiger partial charge in [0.1, 0.15) is 0 Å². The van der Waals surface area contributed by atoms with Crippen LogP contribution in [0.4, 0.5) is 11.7 Å². The van der Waals surface area contributed by atoms with Crippen LogP contribution in [0, 0.1) is 6.92 Å². The van der Waals surface area contributed by atoms with Crippen molar-refractivity contribution in [1.29, 1.82) is 0 Å². The predicted molar refractivity (Wildman–Crippen MR) is 92.9 cm³/mol. The summed E-state index contributed by atoms with van der Waals surface area (Å²) in [6.45, 7) is 1.96. The Morgan fingerprint density at radius 2 is 1.62 bits per heavy atom. The van der Waals surface area contributed by atoms with E-state index in [0.29, 0.717) is 10.7 Å². The lowest BCUT2D eigenvalue weighted by molar-refractivity contribution is 0.570. The molecule has 0 bridgehead atoms. The smallest absolute Gasteiger partial charge is 0.301 e. The standard InChI is InChI=1S/C16H12Cl2N2O3S/c1-10-2-6-12(7-3-10)19-16-20-15(14(18)23-16)24(21,22)13-8-4-11(17)5-9-13/h2-9H,1H3,(H,19,20). The molecule has 1 aromatic heterocycles. The molecule has 5 nitrogen and oxygen atoms in total. The number of hydrogen-bond acceptors (Lipinski definition) is 5. The maximum Gasteiger partial charge on any atom is 0.301 e. The highest BCUT2D eigenvalue weighted by atomic mass is 35.5. The highest BCUT2D eigenvalue weighted by Crippen LogP contribution is 2.31. The summed E-state index contributed by atoms with van der Waals surface area (Å²) in [7, 11) is -3.90. The van der Waals surface area contributed by atoms with Gasteiger partial charge in [0.15, 0.2) is 0 Å². The van der Waals surface area contributed by atoms with Gasteiger partial charge in [-0.1, -0.05) is 29.3 Å². The fourth-order valence-electron chi connectivity index (χ4n) is 1.99. The number of nitrogens with one attached hydrogen (secondary N) is 1. The van der Waals surface area contributed by atoms with Gasteiger partial charge in [0.25, 0.3) is 0 Å². The van der Waals surface area contributed by atoms with Crippen LogP contribution in [0.3, 0.4) is 0 Å². The van der Waals surface area contributed by atoms with Gasteiger partial charge in [0.05, 0.1) is 4.90 Å². The summed E-state index contributed by atoms with van der Waals surface area (Å²) in [6, 6.07) is 13.2. The average molecular weight is 383 g/mol. The van der Waals surface area contributed by atoms with E-state index in [-0.39, 0.29) is 21.2 Å². The highest BCUT2D eigenvalue weighted by Gasteiger charge is 2.27. The Kier molecular flexibility index (Phi) is 4.54. The summed E-state index contributed by atoms with van der Waals surface area (Å²) in [5, 5.41) is 2.66. The van der Waals surface area contributed by atoms with Crippen molar-refractivity contribution >= 4 is 44.7 Å². The van der Waals surface area contributed by atoms with Crippen molar-refractivity contribution in [3.63, 3.8) is 0 Å². The van der Waals surface area contributed by atoms with Crippen molar-refractivity contribution in [1.82, 2.24) is 4.98 Å². The first-order valence-electron chi connectivity index (χ1n) is 6.87. The maximum atomic E-state index is 12.6. The predicted octanol–water partition coefficient (Wildman–Crippen LogP) is 4.87. The van der Waals surface area contributed by atoms with E-state index in [4.69, 9.17) is 27.6 Å².